The van der Waals surface area contributed by atoms with Gasteiger partial charge < -0.3 is 14.9 Å². The van der Waals surface area contributed by atoms with E-state index in [9.17, 15) is 9.90 Å². The Hall–Kier alpha value is -2.23. The van der Waals surface area contributed by atoms with Gasteiger partial charge in [0.05, 0.1) is 6.61 Å². The van der Waals surface area contributed by atoms with E-state index in [4.69, 9.17) is 9.84 Å². The molecule has 207 valence electrons. The van der Waals surface area contributed by atoms with Gasteiger partial charge in [0.15, 0.2) is 0 Å². The van der Waals surface area contributed by atoms with Crippen LogP contribution in [0.5, 0.6) is 11.5 Å². The summed E-state index contributed by atoms with van der Waals surface area (Å²) in [5, 5.41) is 20.4. The molecule has 4 nitrogen and oxygen atoms in total. The molecule has 4 heteroatoms. The molecule has 0 atom stereocenters. The van der Waals surface area contributed by atoms with Gasteiger partial charge in [-0.1, -0.05) is 129 Å². The third kappa shape index (κ3) is 13.2. The number of unbranched alkanes of at least 4 members (excludes halogenated alkanes) is 19. The summed E-state index contributed by atoms with van der Waals surface area (Å²) >= 11 is 0. The summed E-state index contributed by atoms with van der Waals surface area (Å²) in [6.07, 6.45) is 27.5. The van der Waals surface area contributed by atoms with Crippen molar-refractivity contribution in [1.29, 1.82) is 0 Å². The smallest absolute Gasteiger partial charge is 0.339 e. The van der Waals surface area contributed by atoms with Crippen LogP contribution in [-0.4, -0.2) is 22.8 Å². The van der Waals surface area contributed by atoms with Gasteiger partial charge in [0.25, 0.3) is 0 Å². The molecule has 2 N–H and O–H groups in total. The molecule has 2 rings (SSSR count). The van der Waals surface area contributed by atoms with Crippen molar-refractivity contribution in [2.45, 2.75) is 135 Å². The zero-order valence-electron chi connectivity index (χ0n) is 23.4. The summed E-state index contributed by atoms with van der Waals surface area (Å²) in [4.78, 5) is 11.1. The summed E-state index contributed by atoms with van der Waals surface area (Å²) in [5.74, 6) is -0.651. The van der Waals surface area contributed by atoms with Crippen molar-refractivity contribution in [1.82, 2.24) is 0 Å². The molecule has 2 aromatic rings. The van der Waals surface area contributed by atoms with E-state index in [0.717, 1.165) is 12.2 Å². The van der Waals surface area contributed by atoms with Gasteiger partial charge in [0, 0.05) is 5.39 Å². The predicted octanol–water partition coefficient (Wildman–Crippen LogP) is 10.2. The Bertz CT molecular complexity index is 876. The molecule has 0 bridgehead atoms. The SMILES string of the molecule is CCCCCCCCCCCCCCCCCCCCCCOc1ccc2c(O)c(C(=O)O)c[c]c2c1. The zero-order valence-corrected chi connectivity index (χ0v) is 23.4. The fourth-order valence-corrected chi connectivity index (χ4v) is 5.01. The normalized spacial score (nSPS) is 11.3. The van der Waals surface area contributed by atoms with E-state index < -0.39 is 5.97 Å². The van der Waals surface area contributed by atoms with Gasteiger partial charge in [-0.25, -0.2) is 4.79 Å². The maximum Gasteiger partial charge on any atom is 0.339 e. The monoisotopic (exact) mass is 511 g/mol. The van der Waals surface area contributed by atoms with Gasteiger partial charge in [-0.3, -0.25) is 0 Å². The topological polar surface area (TPSA) is 66.8 Å². The van der Waals surface area contributed by atoms with Gasteiger partial charge in [-0.2, -0.15) is 0 Å². The third-order valence-corrected chi connectivity index (χ3v) is 7.37. The van der Waals surface area contributed by atoms with Crippen molar-refractivity contribution < 1.29 is 19.7 Å². The minimum atomic E-state index is -1.16. The molecule has 0 saturated heterocycles. The van der Waals surface area contributed by atoms with Crippen LogP contribution in [0.2, 0.25) is 0 Å². The molecule has 0 fully saturated rings. The first-order valence-electron chi connectivity index (χ1n) is 15.2. The van der Waals surface area contributed by atoms with E-state index in [0.29, 0.717) is 17.4 Å². The Morgan fingerprint density at radius 2 is 1.19 bits per heavy atom. The van der Waals surface area contributed by atoms with Crippen molar-refractivity contribution in [2.75, 3.05) is 6.61 Å². The Kier molecular flexibility index (Phi) is 16.6. The molecule has 0 aliphatic rings. The van der Waals surface area contributed by atoms with Gasteiger partial charge in [0.1, 0.15) is 17.1 Å². The van der Waals surface area contributed by atoms with E-state index in [2.05, 4.69) is 13.0 Å². The molecule has 0 aliphatic carbocycles. The van der Waals surface area contributed by atoms with Crippen molar-refractivity contribution >= 4 is 16.7 Å². The summed E-state index contributed by atoms with van der Waals surface area (Å²) < 4.78 is 5.85. The van der Waals surface area contributed by atoms with Crippen LogP contribution < -0.4 is 4.74 Å². The molecular weight excluding hydrogens is 460 g/mol. The maximum absolute atomic E-state index is 11.1. The standard InChI is InChI=1S/C33H51O4/c1-2-3-4-5-6-7-8-9-10-11-12-13-14-15-16-17-18-19-20-21-26-37-29-23-25-30-28(27-29)22-24-31(32(30)34)33(35)36/h23-25,27,34H,2-21,26H2,1H3,(H,35,36). The Balaban J connectivity index is 1.36. The second-order valence-corrected chi connectivity index (χ2v) is 10.6. The average Bonchev–Trinajstić information content (AvgIpc) is 2.89. The first-order chi connectivity index (χ1) is 18.1. The van der Waals surface area contributed by atoms with Crippen molar-refractivity contribution in [3.63, 3.8) is 0 Å². The average molecular weight is 512 g/mol. The molecule has 1 radical (unpaired) electrons. The van der Waals surface area contributed by atoms with Crippen LogP contribution in [-0.2, 0) is 0 Å². The first kappa shape index (κ1) is 31.0. The van der Waals surface area contributed by atoms with E-state index in [1.165, 1.54) is 128 Å². The summed E-state index contributed by atoms with van der Waals surface area (Å²) in [7, 11) is 0. The number of ether oxygens (including phenoxy) is 1. The van der Waals surface area contributed by atoms with Crippen LogP contribution in [0.15, 0.2) is 24.3 Å². The quantitative estimate of drug-likeness (QED) is 0.146. The molecule has 37 heavy (non-hydrogen) atoms. The number of fused-ring (bicyclic) bond motifs is 1. The van der Waals surface area contributed by atoms with Gasteiger partial charge in [-0.05, 0) is 42.1 Å². The number of carboxylic acid groups (broad SMARTS) is 1. The summed E-state index contributed by atoms with van der Waals surface area (Å²) in [6, 6.07) is 9.51. The van der Waals surface area contributed by atoms with E-state index in [-0.39, 0.29) is 11.3 Å². The maximum atomic E-state index is 11.1. The zero-order chi connectivity index (χ0) is 26.6. The number of aromatic hydroxyl groups is 1. The predicted molar refractivity (Wildman–Crippen MR) is 155 cm³/mol. The fraction of sp³-hybridized carbons (Fsp3) is 0.667. The number of rotatable bonds is 23. The molecule has 0 spiro atoms. The van der Waals surface area contributed by atoms with Crippen molar-refractivity contribution in [2.24, 2.45) is 0 Å². The lowest BCUT2D eigenvalue weighted by molar-refractivity contribution is 0.0694. The molecule has 0 amide bonds. The van der Waals surface area contributed by atoms with Crippen LogP contribution in [0.1, 0.15) is 146 Å². The van der Waals surface area contributed by atoms with Gasteiger partial charge in [-0.15, -0.1) is 0 Å². The molecule has 2 aromatic carbocycles. The molecule has 0 aliphatic heterocycles. The highest BCUT2D eigenvalue weighted by atomic mass is 16.5. The van der Waals surface area contributed by atoms with Crippen LogP contribution in [0, 0.1) is 6.07 Å². The Labute approximate surface area is 225 Å². The van der Waals surface area contributed by atoms with E-state index in [1.54, 1.807) is 18.2 Å². The lowest BCUT2D eigenvalue weighted by Gasteiger charge is -2.09. The first-order valence-corrected chi connectivity index (χ1v) is 15.2. The third-order valence-electron chi connectivity index (χ3n) is 7.37. The van der Waals surface area contributed by atoms with Crippen molar-refractivity contribution in [3.8, 4) is 11.5 Å². The molecule has 0 saturated carbocycles. The van der Waals surface area contributed by atoms with Gasteiger partial charge in [0.2, 0.25) is 0 Å². The number of phenols is 1. The highest BCUT2D eigenvalue weighted by Gasteiger charge is 2.13. The number of hydrogen-bond acceptors (Lipinski definition) is 3. The molecule has 0 aromatic heterocycles. The number of benzene rings is 2. The summed E-state index contributed by atoms with van der Waals surface area (Å²) in [6.45, 7) is 2.96. The van der Waals surface area contributed by atoms with E-state index >= 15 is 0 Å². The molecule has 0 unspecified atom stereocenters. The van der Waals surface area contributed by atoms with Crippen molar-refractivity contribution in [3.05, 3.63) is 35.9 Å². The number of hydrogen-bond donors (Lipinski definition) is 2. The summed E-state index contributed by atoms with van der Waals surface area (Å²) in [5.41, 5.74) is -0.134. The van der Waals surface area contributed by atoms with Gasteiger partial charge >= 0.3 is 5.97 Å². The number of carboxylic acids is 1. The molecule has 0 heterocycles. The second kappa shape index (κ2) is 19.8. The molecular formula is C33H51O4. The Morgan fingerprint density at radius 1 is 0.730 bits per heavy atom. The van der Waals surface area contributed by atoms with Crippen LogP contribution in [0.4, 0.5) is 0 Å². The Morgan fingerprint density at radius 3 is 1.65 bits per heavy atom. The van der Waals surface area contributed by atoms with Crippen LogP contribution in [0.25, 0.3) is 10.8 Å². The number of aromatic carboxylic acids is 1. The second-order valence-electron chi connectivity index (χ2n) is 10.6. The lowest BCUT2D eigenvalue weighted by atomic mass is 10.0. The fourth-order valence-electron chi connectivity index (χ4n) is 5.01. The number of carbonyl (C=O) groups is 1. The van der Waals surface area contributed by atoms with Crippen LogP contribution in [0.3, 0.4) is 0 Å². The highest BCUT2D eigenvalue weighted by molar-refractivity contribution is 6.00. The minimum absolute atomic E-state index is 0.134. The minimum Gasteiger partial charge on any atom is -0.506 e. The highest BCUT2D eigenvalue weighted by Crippen LogP contribution is 2.31. The lowest BCUT2D eigenvalue weighted by Crippen LogP contribution is -1.98. The van der Waals surface area contributed by atoms with E-state index in [1.807, 2.05) is 0 Å². The van der Waals surface area contributed by atoms with Crippen LogP contribution >= 0.6 is 0 Å². The largest absolute Gasteiger partial charge is 0.506 e.